The highest BCUT2D eigenvalue weighted by Crippen LogP contribution is 2.18. The number of hydrogen-bond acceptors (Lipinski definition) is 4. The van der Waals surface area contributed by atoms with E-state index in [-0.39, 0.29) is 35.3 Å². The van der Waals surface area contributed by atoms with Crippen LogP contribution in [-0.2, 0) is 6.54 Å². The first kappa shape index (κ1) is 17.2. The van der Waals surface area contributed by atoms with E-state index in [0.29, 0.717) is 13.1 Å². The van der Waals surface area contributed by atoms with E-state index in [2.05, 4.69) is 15.5 Å². The quantitative estimate of drug-likeness (QED) is 0.877. The van der Waals surface area contributed by atoms with Crippen molar-refractivity contribution in [3.63, 3.8) is 0 Å². The molecule has 2 N–H and O–H groups in total. The molecule has 3 rings (SSSR count). The molecular formula is C17H18F2N4O2. The maximum atomic E-state index is 13.8. The molecule has 25 heavy (non-hydrogen) atoms. The van der Waals surface area contributed by atoms with Crippen molar-refractivity contribution in [2.75, 3.05) is 13.1 Å². The highest BCUT2D eigenvalue weighted by atomic mass is 19.1. The summed E-state index contributed by atoms with van der Waals surface area (Å²) in [4.78, 5) is 25.1. The predicted octanol–water partition coefficient (Wildman–Crippen LogP) is 1.44. The highest BCUT2D eigenvalue weighted by molar-refractivity contribution is 5.92. The van der Waals surface area contributed by atoms with Crippen molar-refractivity contribution in [2.24, 2.45) is 0 Å². The standard InChI is InChI=1S/C17H18F2N4O2/c18-13-4-1-5-14(19)12(13)10-23-8-2-3-11(9-23)20-17(25)15-6-7-16(24)22-21-15/h1,4-7,11H,2-3,8-10H2,(H,20,25)(H,22,24)/t11-/m1/s1. The van der Waals surface area contributed by atoms with E-state index in [1.54, 1.807) is 0 Å². The topological polar surface area (TPSA) is 78.1 Å². The van der Waals surface area contributed by atoms with E-state index in [9.17, 15) is 18.4 Å². The molecule has 0 radical (unpaired) electrons. The smallest absolute Gasteiger partial charge is 0.271 e. The van der Waals surface area contributed by atoms with Gasteiger partial charge in [0.25, 0.3) is 11.5 Å². The van der Waals surface area contributed by atoms with Crippen LogP contribution in [0.1, 0.15) is 28.9 Å². The van der Waals surface area contributed by atoms with E-state index in [1.165, 1.54) is 30.3 Å². The molecule has 0 aliphatic carbocycles. The number of hydrogen-bond donors (Lipinski definition) is 2. The Morgan fingerprint density at radius 2 is 2.04 bits per heavy atom. The molecule has 1 amide bonds. The van der Waals surface area contributed by atoms with Crippen molar-refractivity contribution in [2.45, 2.75) is 25.4 Å². The number of halogens is 2. The van der Waals surface area contributed by atoms with E-state index < -0.39 is 11.6 Å². The second-order valence-corrected chi connectivity index (χ2v) is 6.05. The number of rotatable bonds is 4. The van der Waals surface area contributed by atoms with Gasteiger partial charge in [-0.25, -0.2) is 13.9 Å². The summed E-state index contributed by atoms with van der Waals surface area (Å²) < 4.78 is 27.6. The number of aromatic nitrogens is 2. The number of nitrogens with one attached hydrogen (secondary N) is 2. The summed E-state index contributed by atoms with van der Waals surface area (Å²) >= 11 is 0. The third-order valence-electron chi connectivity index (χ3n) is 4.20. The van der Waals surface area contributed by atoms with Gasteiger partial charge in [0.2, 0.25) is 0 Å². The Balaban J connectivity index is 1.62. The number of amides is 1. The Kier molecular flexibility index (Phi) is 5.18. The van der Waals surface area contributed by atoms with Crippen molar-refractivity contribution in [3.05, 3.63) is 63.6 Å². The van der Waals surface area contributed by atoms with Gasteiger partial charge >= 0.3 is 0 Å². The molecule has 0 bridgehead atoms. The summed E-state index contributed by atoms with van der Waals surface area (Å²) in [5.74, 6) is -1.52. The van der Waals surface area contributed by atoms with E-state index >= 15 is 0 Å². The van der Waals surface area contributed by atoms with Gasteiger partial charge in [-0.05, 0) is 37.6 Å². The van der Waals surface area contributed by atoms with Crippen LogP contribution < -0.4 is 10.9 Å². The van der Waals surface area contributed by atoms with Crippen LogP contribution >= 0.6 is 0 Å². The first-order valence-corrected chi connectivity index (χ1v) is 8.05. The van der Waals surface area contributed by atoms with Gasteiger partial charge in [-0.1, -0.05) is 6.07 Å². The lowest BCUT2D eigenvalue weighted by Crippen LogP contribution is -2.47. The van der Waals surface area contributed by atoms with Crippen molar-refractivity contribution in [1.82, 2.24) is 20.4 Å². The molecule has 2 aromatic rings. The number of H-pyrrole nitrogens is 1. The van der Waals surface area contributed by atoms with Gasteiger partial charge in [0.05, 0.1) is 0 Å². The first-order chi connectivity index (χ1) is 12.0. The summed E-state index contributed by atoms with van der Waals surface area (Å²) in [6.07, 6.45) is 1.57. The van der Waals surface area contributed by atoms with Crippen LogP contribution in [-0.4, -0.2) is 40.1 Å². The maximum Gasteiger partial charge on any atom is 0.271 e. The molecule has 0 saturated carbocycles. The third kappa shape index (κ3) is 4.27. The molecular weight excluding hydrogens is 330 g/mol. The van der Waals surface area contributed by atoms with Crippen LogP contribution in [0.4, 0.5) is 8.78 Å². The van der Waals surface area contributed by atoms with Crippen molar-refractivity contribution in [1.29, 1.82) is 0 Å². The zero-order chi connectivity index (χ0) is 17.8. The molecule has 0 spiro atoms. The molecule has 2 heterocycles. The summed E-state index contributed by atoms with van der Waals surface area (Å²) in [5.41, 5.74) is -0.221. The second kappa shape index (κ2) is 7.52. The van der Waals surface area contributed by atoms with Crippen molar-refractivity contribution >= 4 is 5.91 Å². The number of nitrogens with zero attached hydrogens (tertiary/aromatic N) is 2. The molecule has 132 valence electrons. The molecule has 1 aromatic carbocycles. The minimum Gasteiger partial charge on any atom is -0.347 e. The normalized spacial score (nSPS) is 18.1. The summed E-state index contributed by atoms with van der Waals surface area (Å²) in [6, 6.07) is 6.25. The van der Waals surface area contributed by atoms with Crippen LogP contribution in [0.5, 0.6) is 0 Å². The molecule has 6 nitrogen and oxygen atoms in total. The number of aromatic amines is 1. The van der Waals surface area contributed by atoms with Crippen LogP contribution in [0.3, 0.4) is 0 Å². The molecule has 1 saturated heterocycles. The third-order valence-corrected chi connectivity index (χ3v) is 4.20. The predicted molar refractivity (Wildman–Crippen MR) is 87.0 cm³/mol. The minimum absolute atomic E-state index is 0.0387. The van der Waals surface area contributed by atoms with E-state index in [1.807, 2.05) is 4.90 Å². The number of likely N-dealkylation sites (tertiary alicyclic amines) is 1. The molecule has 1 aliphatic rings. The Labute approximate surface area is 142 Å². The zero-order valence-corrected chi connectivity index (χ0v) is 13.5. The number of piperidine rings is 1. The van der Waals surface area contributed by atoms with Crippen LogP contribution in [0.15, 0.2) is 35.1 Å². The van der Waals surface area contributed by atoms with Gasteiger partial charge in [-0.15, -0.1) is 0 Å². The van der Waals surface area contributed by atoms with Crippen LogP contribution in [0.2, 0.25) is 0 Å². The fraction of sp³-hybridized carbons (Fsp3) is 0.353. The molecule has 1 aliphatic heterocycles. The largest absolute Gasteiger partial charge is 0.347 e. The molecule has 1 atom stereocenters. The van der Waals surface area contributed by atoms with Crippen LogP contribution in [0, 0.1) is 11.6 Å². The average molecular weight is 348 g/mol. The fourth-order valence-corrected chi connectivity index (χ4v) is 2.95. The SMILES string of the molecule is O=C(N[C@@H]1CCCN(Cc2c(F)cccc2F)C1)c1ccc(=O)[nH]n1. The number of benzene rings is 1. The summed E-state index contributed by atoms with van der Waals surface area (Å²) in [6.45, 7) is 1.35. The van der Waals surface area contributed by atoms with Crippen molar-refractivity contribution < 1.29 is 13.6 Å². The van der Waals surface area contributed by atoms with Gasteiger partial charge in [-0.2, -0.15) is 5.10 Å². The first-order valence-electron chi connectivity index (χ1n) is 8.05. The second-order valence-electron chi connectivity index (χ2n) is 6.05. The molecule has 8 heteroatoms. The zero-order valence-electron chi connectivity index (χ0n) is 13.5. The number of carbonyl (C=O) groups is 1. The minimum atomic E-state index is -0.566. The summed E-state index contributed by atoms with van der Waals surface area (Å²) in [7, 11) is 0. The highest BCUT2D eigenvalue weighted by Gasteiger charge is 2.24. The molecule has 1 aromatic heterocycles. The monoisotopic (exact) mass is 348 g/mol. The Bertz CT molecular complexity index is 784. The molecule has 1 fully saturated rings. The van der Waals surface area contributed by atoms with E-state index in [0.717, 1.165) is 12.8 Å². The van der Waals surface area contributed by atoms with Gasteiger partial charge < -0.3 is 5.32 Å². The lowest BCUT2D eigenvalue weighted by atomic mass is 10.0. The lowest BCUT2D eigenvalue weighted by Gasteiger charge is -2.33. The Morgan fingerprint density at radius 3 is 2.72 bits per heavy atom. The van der Waals surface area contributed by atoms with Gasteiger partial charge in [-0.3, -0.25) is 14.5 Å². The van der Waals surface area contributed by atoms with E-state index in [4.69, 9.17) is 0 Å². The van der Waals surface area contributed by atoms with Gasteiger partial charge in [0.1, 0.15) is 17.3 Å². The van der Waals surface area contributed by atoms with Crippen molar-refractivity contribution in [3.8, 4) is 0 Å². The van der Waals surface area contributed by atoms with Gasteiger partial charge in [0, 0.05) is 30.8 Å². The Hall–Kier alpha value is -2.61. The summed E-state index contributed by atoms with van der Waals surface area (Å²) in [5, 5.41) is 8.75. The Morgan fingerprint density at radius 1 is 1.28 bits per heavy atom. The van der Waals surface area contributed by atoms with Crippen LogP contribution in [0.25, 0.3) is 0 Å². The molecule has 0 unspecified atom stereocenters. The maximum absolute atomic E-state index is 13.8. The average Bonchev–Trinajstić information content (AvgIpc) is 2.59. The number of carbonyl (C=O) groups excluding carboxylic acids is 1. The fourth-order valence-electron chi connectivity index (χ4n) is 2.95. The lowest BCUT2D eigenvalue weighted by molar-refractivity contribution is 0.0893. The van der Waals surface area contributed by atoms with Gasteiger partial charge in [0.15, 0.2) is 0 Å².